The summed E-state index contributed by atoms with van der Waals surface area (Å²) in [5.74, 6) is 3.79. The molecule has 29 heavy (non-hydrogen) atoms. The zero-order valence-corrected chi connectivity index (χ0v) is 19.3. The highest BCUT2D eigenvalue weighted by atomic mass is 127. The maximum absolute atomic E-state index is 12.3. The van der Waals surface area contributed by atoms with Crippen molar-refractivity contribution in [2.75, 3.05) is 32.6 Å². The maximum Gasteiger partial charge on any atom is 0.246 e. The van der Waals surface area contributed by atoms with Crippen LogP contribution in [0.25, 0.3) is 0 Å². The van der Waals surface area contributed by atoms with Crippen LogP contribution in [0, 0.1) is 12.3 Å². The number of methoxy groups -OCH3 is 1. The topological polar surface area (TPSA) is 66.0 Å². The summed E-state index contributed by atoms with van der Waals surface area (Å²) in [5.41, 5.74) is 2.41. The number of benzene rings is 2. The smallest absolute Gasteiger partial charge is 0.246 e. The molecule has 7 heteroatoms. The molecule has 154 valence electrons. The average Bonchev–Trinajstić information content (AvgIpc) is 2.71. The van der Waals surface area contributed by atoms with Gasteiger partial charge < -0.3 is 20.3 Å². The highest BCUT2D eigenvalue weighted by Gasteiger charge is 2.11. The van der Waals surface area contributed by atoms with Crippen LogP contribution in [0.4, 0.5) is 5.69 Å². The lowest BCUT2D eigenvalue weighted by Crippen LogP contribution is -2.39. The van der Waals surface area contributed by atoms with Gasteiger partial charge >= 0.3 is 0 Å². The van der Waals surface area contributed by atoms with Gasteiger partial charge in [0.1, 0.15) is 12.3 Å². The standard InChI is InChI=1S/C22H26N4O2.HI/c1-5-17-10-9-12-19(14-17)25-21(27)15-24-22(23-6-2)26(3)16-18-11-7-8-13-20(18)28-4;/h1,7-14H,6,15-16H2,2-4H3,(H,23,24)(H,25,27);1H. The van der Waals surface area contributed by atoms with Crippen LogP contribution in [0.15, 0.2) is 53.5 Å². The van der Waals surface area contributed by atoms with Gasteiger partial charge in [0, 0.05) is 37.0 Å². The Morgan fingerprint density at radius 2 is 2.00 bits per heavy atom. The third kappa shape index (κ3) is 7.66. The van der Waals surface area contributed by atoms with Crippen LogP contribution in [-0.2, 0) is 11.3 Å². The first-order chi connectivity index (χ1) is 13.6. The lowest BCUT2D eigenvalue weighted by molar-refractivity contribution is -0.114. The second-order valence-electron chi connectivity index (χ2n) is 6.11. The molecule has 0 spiro atoms. The molecule has 2 rings (SSSR count). The van der Waals surface area contributed by atoms with E-state index in [0.717, 1.165) is 11.3 Å². The number of halogens is 1. The molecule has 2 aromatic rings. The molecule has 0 aliphatic heterocycles. The Morgan fingerprint density at radius 3 is 2.69 bits per heavy atom. The fourth-order valence-corrected chi connectivity index (χ4v) is 2.67. The van der Waals surface area contributed by atoms with E-state index in [4.69, 9.17) is 11.2 Å². The number of nitrogens with zero attached hydrogens (tertiary/aromatic N) is 2. The Morgan fingerprint density at radius 1 is 1.24 bits per heavy atom. The van der Waals surface area contributed by atoms with Crippen molar-refractivity contribution < 1.29 is 9.53 Å². The van der Waals surface area contributed by atoms with Crippen LogP contribution in [0.1, 0.15) is 18.1 Å². The number of rotatable bonds is 7. The van der Waals surface area contributed by atoms with E-state index < -0.39 is 0 Å². The van der Waals surface area contributed by atoms with Crippen molar-refractivity contribution in [3.8, 4) is 18.1 Å². The van der Waals surface area contributed by atoms with E-state index in [0.29, 0.717) is 30.3 Å². The summed E-state index contributed by atoms with van der Waals surface area (Å²) in [5, 5.41) is 6.02. The number of terminal acetylenes is 1. The first-order valence-corrected chi connectivity index (χ1v) is 9.05. The molecule has 2 N–H and O–H groups in total. The van der Waals surface area contributed by atoms with E-state index in [1.807, 2.05) is 49.2 Å². The number of hydrogen-bond donors (Lipinski definition) is 2. The summed E-state index contributed by atoms with van der Waals surface area (Å²) >= 11 is 0. The normalized spacial score (nSPS) is 10.3. The molecule has 0 saturated heterocycles. The number of ether oxygens (including phenoxy) is 1. The monoisotopic (exact) mass is 506 g/mol. The fraction of sp³-hybridized carbons (Fsp3) is 0.273. The number of amides is 1. The van der Waals surface area contributed by atoms with Gasteiger partial charge in [-0.1, -0.05) is 30.2 Å². The Labute approximate surface area is 189 Å². The van der Waals surface area contributed by atoms with Crippen LogP contribution >= 0.6 is 24.0 Å². The van der Waals surface area contributed by atoms with Gasteiger partial charge in [-0.05, 0) is 31.2 Å². The SMILES string of the molecule is C#Cc1cccc(NC(=O)CN=C(NCC)N(C)Cc2ccccc2OC)c1.I. The summed E-state index contributed by atoms with van der Waals surface area (Å²) < 4.78 is 5.40. The predicted octanol–water partition coefficient (Wildman–Crippen LogP) is 3.33. The summed E-state index contributed by atoms with van der Waals surface area (Å²) in [6, 6.07) is 15.0. The first kappa shape index (κ1) is 24.3. The Kier molecular flexibility index (Phi) is 10.6. The zero-order valence-electron chi connectivity index (χ0n) is 16.9. The largest absolute Gasteiger partial charge is 0.496 e. The summed E-state index contributed by atoms with van der Waals surface area (Å²) in [6.45, 7) is 3.28. The lowest BCUT2D eigenvalue weighted by Gasteiger charge is -2.23. The molecule has 0 aliphatic rings. The summed E-state index contributed by atoms with van der Waals surface area (Å²) in [6.07, 6.45) is 5.39. The fourth-order valence-electron chi connectivity index (χ4n) is 2.67. The van der Waals surface area contributed by atoms with E-state index in [1.54, 1.807) is 25.3 Å². The Balaban J connectivity index is 0.00000420. The second-order valence-corrected chi connectivity index (χ2v) is 6.11. The quantitative estimate of drug-likeness (QED) is 0.262. The van der Waals surface area contributed by atoms with Gasteiger partial charge in [0.15, 0.2) is 5.96 Å². The van der Waals surface area contributed by atoms with Crippen molar-refractivity contribution in [1.82, 2.24) is 10.2 Å². The number of anilines is 1. The first-order valence-electron chi connectivity index (χ1n) is 9.05. The van der Waals surface area contributed by atoms with Crippen molar-refractivity contribution in [1.29, 1.82) is 0 Å². The summed E-state index contributed by atoms with van der Waals surface area (Å²) in [7, 11) is 3.57. The molecule has 0 fully saturated rings. The second kappa shape index (κ2) is 12.7. The molecule has 1 amide bonds. The van der Waals surface area contributed by atoms with Gasteiger partial charge in [-0.15, -0.1) is 30.4 Å². The molecule has 0 saturated carbocycles. The van der Waals surface area contributed by atoms with Gasteiger partial charge in [0.05, 0.1) is 7.11 Å². The maximum atomic E-state index is 12.3. The van der Waals surface area contributed by atoms with Crippen LogP contribution in [0.2, 0.25) is 0 Å². The third-order valence-electron chi connectivity index (χ3n) is 3.98. The van der Waals surface area contributed by atoms with Crippen molar-refractivity contribution in [2.24, 2.45) is 4.99 Å². The van der Waals surface area contributed by atoms with Crippen LogP contribution in [0.3, 0.4) is 0 Å². The predicted molar refractivity (Wildman–Crippen MR) is 129 cm³/mol. The van der Waals surface area contributed by atoms with Gasteiger partial charge in [-0.2, -0.15) is 0 Å². The van der Waals surface area contributed by atoms with Gasteiger partial charge in [0.25, 0.3) is 0 Å². The Bertz CT molecular complexity index is 877. The van der Waals surface area contributed by atoms with E-state index in [1.165, 1.54) is 0 Å². The van der Waals surface area contributed by atoms with Crippen LogP contribution in [0.5, 0.6) is 5.75 Å². The Hall–Kier alpha value is -2.73. The molecule has 0 heterocycles. The molecule has 0 aliphatic carbocycles. The van der Waals surface area contributed by atoms with Crippen molar-refractivity contribution in [3.63, 3.8) is 0 Å². The molecule has 0 bridgehead atoms. The van der Waals surface area contributed by atoms with E-state index in [2.05, 4.69) is 21.5 Å². The molecule has 0 atom stereocenters. The number of hydrogen-bond acceptors (Lipinski definition) is 3. The van der Waals surface area contributed by atoms with Gasteiger partial charge in [-0.25, -0.2) is 4.99 Å². The van der Waals surface area contributed by atoms with Crippen LogP contribution < -0.4 is 15.4 Å². The number of carbonyl (C=O) groups is 1. The van der Waals surface area contributed by atoms with E-state index in [9.17, 15) is 4.79 Å². The number of guanidine groups is 1. The minimum Gasteiger partial charge on any atom is -0.496 e. The summed E-state index contributed by atoms with van der Waals surface area (Å²) in [4.78, 5) is 18.7. The minimum atomic E-state index is -0.213. The highest BCUT2D eigenvalue weighted by molar-refractivity contribution is 14.0. The third-order valence-corrected chi connectivity index (χ3v) is 3.98. The molecule has 0 unspecified atom stereocenters. The number of para-hydroxylation sites is 1. The lowest BCUT2D eigenvalue weighted by atomic mass is 10.2. The van der Waals surface area contributed by atoms with E-state index >= 15 is 0 Å². The van der Waals surface area contributed by atoms with E-state index in [-0.39, 0.29) is 36.4 Å². The van der Waals surface area contributed by atoms with Gasteiger partial charge in [-0.3, -0.25) is 4.79 Å². The highest BCUT2D eigenvalue weighted by Crippen LogP contribution is 2.18. The number of carbonyl (C=O) groups excluding carboxylic acids is 1. The van der Waals surface area contributed by atoms with Crippen molar-refractivity contribution in [3.05, 3.63) is 59.7 Å². The van der Waals surface area contributed by atoms with Crippen molar-refractivity contribution >= 4 is 41.5 Å². The molecular formula is C22H27IN4O2. The molecule has 0 aromatic heterocycles. The zero-order chi connectivity index (χ0) is 20.4. The molecule has 0 radical (unpaired) electrons. The number of aliphatic imine (C=N–C) groups is 1. The molecule has 2 aromatic carbocycles. The molecule has 6 nitrogen and oxygen atoms in total. The average molecular weight is 506 g/mol. The number of nitrogens with one attached hydrogen (secondary N) is 2. The van der Waals surface area contributed by atoms with Crippen LogP contribution in [-0.4, -0.2) is 44.0 Å². The minimum absolute atomic E-state index is 0. The molecular weight excluding hydrogens is 479 g/mol. The van der Waals surface area contributed by atoms with Gasteiger partial charge in [0.2, 0.25) is 5.91 Å². The van der Waals surface area contributed by atoms with Crippen molar-refractivity contribution in [2.45, 2.75) is 13.5 Å².